The second kappa shape index (κ2) is 8.69. The van der Waals surface area contributed by atoms with Gasteiger partial charge in [-0.15, -0.1) is 0 Å². The first-order valence-electron chi connectivity index (χ1n) is 6.12. The molecule has 0 heterocycles. The Morgan fingerprint density at radius 2 is 1.40 bits per heavy atom. The molecular formula is C10H25O2Si3. The van der Waals surface area contributed by atoms with Crippen LogP contribution in [0.1, 0.15) is 34.6 Å². The van der Waals surface area contributed by atoms with Crippen molar-refractivity contribution in [1.29, 1.82) is 0 Å². The van der Waals surface area contributed by atoms with Gasteiger partial charge in [0.15, 0.2) is 17.4 Å². The third kappa shape index (κ3) is 5.44. The summed E-state index contributed by atoms with van der Waals surface area (Å²) in [6.45, 7) is 11.2. The topological polar surface area (TPSA) is 18.5 Å². The van der Waals surface area contributed by atoms with Crippen molar-refractivity contribution in [3.63, 3.8) is 0 Å². The minimum Gasteiger partial charge on any atom is -0.434 e. The smallest absolute Gasteiger partial charge is 0.409 e. The van der Waals surface area contributed by atoms with Gasteiger partial charge in [0.2, 0.25) is 0 Å². The van der Waals surface area contributed by atoms with Gasteiger partial charge in [0.05, 0.1) is 0 Å². The van der Waals surface area contributed by atoms with Gasteiger partial charge in [-0.3, -0.25) is 0 Å². The van der Waals surface area contributed by atoms with Crippen LogP contribution in [0.3, 0.4) is 0 Å². The third-order valence-corrected chi connectivity index (χ3v) is 12.2. The lowest BCUT2D eigenvalue weighted by Gasteiger charge is -2.28. The molecule has 0 aliphatic heterocycles. The molecule has 0 unspecified atom stereocenters. The van der Waals surface area contributed by atoms with E-state index < -0.39 is 17.4 Å². The lowest BCUT2D eigenvalue weighted by molar-refractivity contribution is 0.449. The Morgan fingerprint density at radius 1 is 0.933 bits per heavy atom. The van der Waals surface area contributed by atoms with E-state index in [1.54, 1.807) is 0 Å². The molecule has 0 atom stereocenters. The SMILES string of the molecule is CC[Si](CC)O[Si]O[Si](CC)(CC)CC. The van der Waals surface area contributed by atoms with Crippen molar-refractivity contribution in [1.82, 2.24) is 0 Å². The molecule has 0 bridgehead atoms. The van der Waals surface area contributed by atoms with Gasteiger partial charge in [-0.05, 0) is 30.2 Å². The second-order valence-corrected chi connectivity index (χ2v) is 12.6. The van der Waals surface area contributed by atoms with Gasteiger partial charge >= 0.3 is 10.0 Å². The Labute approximate surface area is 101 Å². The Morgan fingerprint density at radius 3 is 1.73 bits per heavy atom. The molecule has 0 aromatic rings. The highest BCUT2D eigenvalue weighted by atomic mass is 28.4. The van der Waals surface area contributed by atoms with Crippen molar-refractivity contribution in [2.45, 2.75) is 64.8 Å². The normalized spacial score (nSPS) is 12.4. The maximum absolute atomic E-state index is 6.08. The highest BCUT2D eigenvalue weighted by molar-refractivity contribution is 6.77. The molecule has 0 spiro atoms. The monoisotopic (exact) mass is 261 g/mol. The van der Waals surface area contributed by atoms with Crippen LogP contribution in [0.4, 0.5) is 0 Å². The minimum absolute atomic E-state index is 0.305. The zero-order chi connectivity index (χ0) is 11.7. The Bertz CT molecular complexity index is 139. The van der Waals surface area contributed by atoms with Crippen LogP contribution in [0.25, 0.3) is 0 Å². The van der Waals surface area contributed by atoms with Gasteiger partial charge in [-0.25, -0.2) is 0 Å². The average Bonchev–Trinajstić information content (AvgIpc) is 2.31. The average molecular weight is 262 g/mol. The molecule has 0 rings (SSSR count). The summed E-state index contributed by atoms with van der Waals surface area (Å²) in [6.07, 6.45) is 0. The first-order valence-corrected chi connectivity index (χ1v) is 11.3. The van der Waals surface area contributed by atoms with E-state index in [9.17, 15) is 0 Å². The maximum Gasteiger partial charge on any atom is 0.409 e. The van der Waals surface area contributed by atoms with Crippen molar-refractivity contribution >= 4 is 27.4 Å². The standard InChI is InChI=1S/C10H25O2Si3/c1-6-14(7-2)11-13-12-15(8-3,9-4)10-5/h6-10H2,1-5H3. The number of hydrogen-bond donors (Lipinski definition) is 0. The van der Waals surface area contributed by atoms with Gasteiger partial charge < -0.3 is 8.23 Å². The van der Waals surface area contributed by atoms with E-state index in [1.807, 2.05) is 0 Å². The summed E-state index contributed by atoms with van der Waals surface area (Å²) < 4.78 is 11.9. The lowest BCUT2D eigenvalue weighted by atomic mass is 10.9. The predicted octanol–water partition coefficient (Wildman–Crippen LogP) is 3.59. The molecule has 0 aromatic carbocycles. The molecular weight excluding hydrogens is 236 g/mol. The summed E-state index contributed by atoms with van der Waals surface area (Å²) in [5, 5.41) is 0. The van der Waals surface area contributed by atoms with Crippen LogP contribution in [0, 0.1) is 0 Å². The molecule has 0 aliphatic rings. The fourth-order valence-corrected chi connectivity index (χ4v) is 8.14. The van der Waals surface area contributed by atoms with Crippen LogP contribution in [0.15, 0.2) is 0 Å². The first-order chi connectivity index (χ1) is 7.17. The van der Waals surface area contributed by atoms with Crippen LogP contribution < -0.4 is 0 Å². The number of rotatable bonds is 9. The Kier molecular flexibility index (Phi) is 9.02. The van der Waals surface area contributed by atoms with Crippen LogP contribution >= 0.6 is 0 Å². The van der Waals surface area contributed by atoms with E-state index in [2.05, 4.69) is 34.6 Å². The summed E-state index contributed by atoms with van der Waals surface area (Å²) in [5.41, 5.74) is 0. The van der Waals surface area contributed by atoms with Crippen molar-refractivity contribution < 1.29 is 8.23 Å². The highest BCUT2D eigenvalue weighted by Gasteiger charge is 2.29. The zero-order valence-electron chi connectivity index (χ0n) is 10.9. The van der Waals surface area contributed by atoms with Gasteiger partial charge in [0, 0.05) is 0 Å². The van der Waals surface area contributed by atoms with Crippen molar-refractivity contribution in [2.24, 2.45) is 0 Å². The third-order valence-electron chi connectivity index (χ3n) is 3.17. The Hall–Kier alpha value is 0.571. The molecule has 0 saturated heterocycles. The van der Waals surface area contributed by atoms with Gasteiger partial charge in [-0.1, -0.05) is 34.6 Å². The van der Waals surface area contributed by atoms with E-state index in [4.69, 9.17) is 8.23 Å². The minimum atomic E-state index is -1.41. The van der Waals surface area contributed by atoms with Crippen LogP contribution in [0.2, 0.25) is 30.2 Å². The Balaban J connectivity index is 3.89. The molecule has 0 N–H and O–H groups in total. The quantitative estimate of drug-likeness (QED) is 0.591. The maximum atomic E-state index is 6.08. The zero-order valence-corrected chi connectivity index (χ0v) is 13.9. The first kappa shape index (κ1) is 15.6. The van der Waals surface area contributed by atoms with E-state index in [-0.39, 0.29) is 0 Å². The highest BCUT2D eigenvalue weighted by Crippen LogP contribution is 2.21. The fourth-order valence-electron chi connectivity index (χ4n) is 1.53. The molecule has 89 valence electrons. The molecule has 0 aliphatic carbocycles. The predicted molar refractivity (Wildman–Crippen MR) is 71.8 cm³/mol. The number of hydrogen-bond acceptors (Lipinski definition) is 2. The largest absolute Gasteiger partial charge is 0.434 e. The summed E-state index contributed by atoms with van der Waals surface area (Å²) in [6, 6.07) is 6.04. The van der Waals surface area contributed by atoms with Crippen molar-refractivity contribution in [3.05, 3.63) is 0 Å². The molecule has 2 nitrogen and oxygen atoms in total. The molecule has 3 radical (unpaired) electrons. The van der Waals surface area contributed by atoms with Gasteiger partial charge in [0.25, 0.3) is 0 Å². The second-order valence-electron chi connectivity index (χ2n) is 3.78. The van der Waals surface area contributed by atoms with Crippen LogP contribution in [-0.2, 0) is 8.23 Å². The molecule has 5 heteroatoms. The molecule has 0 fully saturated rings. The van der Waals surface area contributed by atoms with E-state index in [0.717, 1.165) is 0 Å². The molecule has 15 heavy (non-hydrogen) atoms. The fraction of sp³-hybridized carbons (Fsp3) is 1.00. The van der Waals surface area contributed by atoms with Crippen LogP contribution in [-0.4, -0.2) is 27.4 Å². The molecule has 0 amide bonds. The van der Waals surface area contributed by atoms with E-state index in [1.165, 1.54) is 30.2 Å². The lowest BCUT2D eigenvalue weighted by Crippen LogP contribution is -2.39. The van der Waals surface area contributed by atoms with Crippen molar-refractivity contribution in [2.75, 3.05) is 0 Å². The van der Waals surface area contributed by atoms with Gasteiger partial charge in [-0.2, -0.15) is 0 Å². The molecule has 0 saturated carbocycles. The van der Waals surface area contributed by atoms with Crippen LogP contribution in [0.5, 0.6) is 0 Å². The van der Waals surface area contributed by atoms with Gasteiger partial charge in [0.1, 0.15) is 0 Å². The van der Waals surface area contributed by atoms with E-state index in [0.29, 0.717) is 10.0 Å². The summed E-state index contributed by atoms with van der Waals surface area (Å²) in [4.78, 5) is 0. The van der Waals surface area contributed by atoms with Crippen molar-refractivity contribution in [3.8, 4) is 0 Å². The molecule has 0 aromatic heterocycles. The summed E-state index contributed by atoms with van der Waals surface area (Å²) in [7, 11) is -1.66. The van der Waals surface area contributed by atoms with E-state index >= 15 is 0 Å². The summed E-state index contributed by atoms with van der Waals surface area (Å²) in [5.74, 6) is 0. The summed E-state index contributed by atoms with van der Waals surface area (Å²) >= 11 is 0.